The zero-order valence-electron chi connectivity index (χ0n) is 13.7. The number of esters is 1. The SMILES string of the molecule is COc1ccccc1OCCNC(=O)COC(=O)c1ccc(F)cc1. The molecule has 2 rings (SSSR count). The monoisotopic (exact) mass is 347 g/mol. The fourth-order valence-electron chi connectivity index (χ4n) is 1.94. The smallest absolute Gasteiger partial charge is 0.338 e. The van der Waals surface area contributed by atoms with Gasteiger partial charge in [0.2, 0.25) is 0 Å². The zero-order chi connectivity index (χ0) is 18.1. The van der Waals surface area contributed by atoms with Gasteiger partial charge in [0.15, 0.2) is 18.1 Å². The Labute approximate surface area is 144 Å². The van der Waals surface area contributed by atoms with Crippen LogP contribution in [0, 0.1) is 5.82 Å². The second-order valence-corrected chi connectivity index (χ2v) is 4.93. The molecule has 0 bridgehead atoms. The highest BCUT2D eigenvalue weighted by atomic mass is 19.1. The molecule has 0 spiro atoms. The lowest BCUT2D eigenvalue weighted by Crippen LogP contribution is -2.32. The van der Waals surface area contributed by atoms with Crippen LogP contribution >= 0.6 is 0 Å². The molecule has 132 valence electrons. The van der Waals surface area contributed by atoms with Crippen LogP contribution < -0.4 is 14.8 Å². The van der Waals surface area contributed by atoms with Crippen LogP contribution in [0.1, 0.15) is 10.4 Å². The molecular formula is C18H18FNO5. The van der Waals surface area contributed by atoms with E-state index < -0.39 is 24.3 Å². The van der Waals surface area contributed by atoms with E-state index in [4.69, 9.17) is 14.2 Å². The number of amides is 1. The Kier molecular flexibility index (Phi) is 6.76. The summed E-state index contributed by atoms with van der Waals surface area (Å²) in [5, 5.41) is 2.56. The summed E-state index contributed by atoms with van der Waals surface area (Å²) in [4.78, 5) is 23.3. The summed E-state index contributed by atoms with van der Waals surface area (Å²) in [5.41, 5.74) is 0.175. The average Bonchev–Trinajstić information content (AvgIpc) is 2.64. The molecular weight excluding hydrogens is 329 g/mol. The van der Waals surface area contributed by atoms with E-state index in [1.165, 1.54) is 12.1 Å². The van der Waals surface area contributed by atoms with Crippen LogP contribution in [0.15, 0.2) is 48.5 Å². The number of carbonyl (C=O) groups is 2. The summed E-state index contributed by atoms with van der Waals surface area (Å²) in [7, 11) is 1.54. The van der Waals surface area contributed by atoms with Crippen LogP contribution in [-0.4, -0.2) is 38.7 Å². The van der Waals surface area contributed by atoms with Crippen LogP contribution in [-0.2, 0) is 9.53 Å². The van der Waals surface area contributed by atoms with Crippen LogP contribution in [0.3, 0.4) is 0 Å². The summed E-state index contributed by atoms with van der Waals surface area (Å²) in [6.45, 7) is 0.0495. The predicted octanol–water partition coefficient (Wildman–Crippen LogP) is 2.19. The van der Waals surface area contributed by atoms with Crippen molar-refractivity contribution in [3.63, 3.8) is 0 Å². The molecule has 7 heteroatoms. The van der Waals surface area contributed by atoms with Crippen molar-refractivity contribution < 1.29 is 28.2 Å². The van der Waals surface area contributed by atoms with E-state index in [0.29, 0.717) is 11.5 Å². The Balaban J connectivity index is 1.67. The second-order valence-electron chi connectivity index (χ2n) is 4.93. The van der Waals surface area contributed by atoms with E-state index in [9.17, 15) is 14.0 Å². The third kappa shape index (κ3) is 5.80. The van der Waals surface area contributed by atoms with Gasteiger partial charge in [-0.25, -0.2) is 9.18 Å². The maximum absolute atomic E-state index is 12.8. The minimum Gasteiger partial charge on any atom is -0.493 e. The van der Waals surface area contributed by atoms with Crippen molar-refractivity contribution in [2.24, 2.45) is 0 Å². The van der Waals surface area contributed by atoms with Crippen LogP contribution in [0.25, 0.3) is 0 Å². The molecule has 0 aliphatic rings. The Bertz CT molecular complexity index is 718. The number of methoxy groups -OCH3 is 1. The fourth-order valence-corrected chi connectivity index (χ4v) is 1.94. The highest BCUT2D eigenvalue weighted by Crippen LogP contribution is 2.25. The highest BCUT2D eigenvalue weighted by Gasteiger charge is 2.10. The maximum atomic E-state index is 12.8. The molecule has 0 radical (unpaired) electrons. The van der Waals surface area contributed by atoms with Crippen molar-refractivity contribution >= 4 is 11.9 Å². The number of carbonyl (C=O) groups excluding carboxylic acids is 2. The number of hydrogen-bond donors (Lipinski definition) is 1. The molecule has 0 saturated carbocycles. The summed E-state index contributed by atoms with van der Waals surface area (Å²) in [6.07, 6.45) is 0. The van der Waals surface area contributed by atoms with Gasteiger partial charge in [0.05, 0.1) is 19.2 Å². The maximum Gasteiger partial charge on any atom is 0.338 e. The van der Waals surface area contributed by atoms with E-state index in [2.05, 4.69) is 5.32 Å². The van der Waals surface area contributed by atoms with Gasteiger partial charge >= 0.3 is 5.97 Å². The van der Waals surface area contributed by atoms with Gasteiger partial charge in [0.1, 0.15) is 12.4 Å². The summed E-state index contributed by atoms with van der Waals surface area (Å²) < 4.78 is 28.3. The lowest BCUT2D eigenvalue weighted by atomic mass is 10.2. The van der Waals surface area contributed by atoms with Gasteiger partial charge in [-0.15, -0.1) is 0 Å². The largest absolute Gasteiger partial charge is 0.493 e. The van der Waals surface area contributed by atoms with Crippen molar-refractivity contribution in [2.75, 3.05) is 26.9 Å². The first kappa shape index (κ1) is 18.3. The van der Waals surface area contributed by atoms with Crippen molar-refractivity contribution in [1.82, 2.24) is 5.32 Å². The second kappa shape index (κ2) is 9.27. The number of rotatable bonds is 8. The van der Waals surface area contributed by atoms with Gasteiger partial charge in [0.25, 0.3) is 5.91 Å². The number of ether oxygens (including phenoxy) is 3. The highest BCUT2D eigenvalue weighted by molar-refractivity contribution is 5.91. The van der Waals surface area contributed by atoms with E-state index in [0.717, 1.165) is 12.1 Å². The minimum absolute atomic E-state index is 0.175. The summed E-state index contributed by atoms with van der Waals surface area (Å²) >= 11 is 0. The van der Waals surface area contributed by atoms with Gasteiger partial charge in [-0.1, -0.05) is 12.1 Å². The molecule has 2 aromatic carbocycles. The molecule has 0 aliphatic carbocycles. The number of para-hydroxylation sites is 2. The molecule has 0 aliphatic heterocycles. The normalized spacial score (nSPS) is 10.0. The molecule has 0 atom stereocenters. The third-order valence-corrected chi connectivity index (χ3v) is 3.17. The molecule has 1 N–H and O–H groups in total. The van der Waals surface area contributed by atoms with E-state index in [1.54, 1.807) is 19.2 Å². The van der Waals surface area contributed by atoms with Crippen molar-refractivity contribution in [2.45, 2.75) is 0 Å². The third-order valence-electron chi connectivity index (χ3n) is 3.17. The fraction of sp³-hybridized carbons (Fsp3) is 0.222. The molecule has 0 aromatic heterocycles. The number of halogens is 1. The van der Waals surface area contributed by atoms with Gasteiger partial charge in [-0.3, -0.25) is 4.79 Å². The van der Waals surface area contributed by atoms with Gasteiger partial charge in [-0.05, 0) is 36.4 Å². The topological polar surface area (TPSA) is 73.9 Å². The standard InChI is InChI=1S/C18H18FNO5/c1-23-15-4-2-3-5-16(15)24-11-10-20-17(21)12-25-18(22)13-6-8-14(19)9-7-13/h2-9H,10-12H2,1H3,(H,20,21). The number of hydrogen-bond acceptors (Lipinski definition) is 5. The number of benzene rings is 2. The Morgan fingerprint density at radius 2 is 1.72 bits per heavy atom. The summed E-state index contributed by atoms with van der Waals surface area (Å²) in [6, 6.07) is 12.0. The van der Waals surface area contributed by atoms with Crippen molar-refractivity contribution in [3.8, 4) is 11.5 Å². The average molecular weight is 347 g/mol. The van der Waals surface area contributed by atoms with Crippen LogP contribution in [0.5, 0.6) is 11.5 Å². The molecule has 2 aromatic rings. The molecule has 25 heavy (non-hydrogen) atoms. The van der Waals surface area contributed by atoms with E-state index in [-0.39, 0.29) is 18.7 Å². The Morgan fingerprint density at radius 3 is 2.40 bits per heavy atom. The summed E-state index contributed by atoms with van der Waals surface area (Å²) in [5.74, 6) is -0.437. The molecule has 0 unspecified atom stereocenters. The molecule has 1 amide bonds. The lowest BCUT2D eigenvalue weighted by Gasteiger charge is -2.11. The van der Waals surface area contributed by atoms with E-state index >= 15 is 0 Å². The first-order chi connectivity index (χ1) is 12.1. The zero-order valence-corrected chi connectivity index (χ0v) is 13.7. The van der Waals surface area contributed by atoms with Crippen molar-refractivity contribution in [1.29, 1.82) is 0 Å². The van der Waals surface area contributed by atoms with Gasteiger partial charge < -0.3 is 19.5 Å². The lowest BCUT2D eigenvalue weighted by molar-refractivity contribution is -0.124. The van der Waals surface area contributed by atoms with Crippen LogP contribution in [0.4, 0.5) is 4.39 Å². The Hall–Kier alpha value is -3.09. The quantitative estimate of drug-likeness (QED) is 0.585. The first-order valence-corrected chi connectivity index (χ1v) is 7.55. The first-order valence-electron chi connectivity index (χ1n) is 7.55. The predicted molar refractivity (Wildman–Crippen MR) is 88.2 cm³/mol. The molecule has 0 saturated heterocycles. The van der Waals surface area contributed by atoms with Gasteiger partial charge in [0, 0.05) is 0 Å². The van der Waals surface area contributed by atoms with Crippen molar-refractivity contribution in [3.05, 3.63) is 59.9 Å². The van der Waals surface area contributed by atoms with Gasteiger partial charge in [-0.2, -0.15) is 0 Å². The van der Waals surface area contributed by atoms with Crippen LogP contribution in [0.2, 0.25) is 0 Å². The van der Waals surface area contributed by atoms with E-state index in [1.807, 2.05) is 12.1 Å². The molecule has 0 fully saturated rings. The molecule has 0 heterocycles. The Morgan fingerprint density at radius 1 is 1.04 bits per heavy atom. The molecule has 6 nitrogen and oxygen atoms in total. The minimum atomic E-state index is -0.694. The number of nitrogens with one attached hydrogen (secondary N) is 1.